The van der Waals surface area contributed by atoms with E-state index in [9.17, 15) is 18.4 Å². The minimum Gasteiger partial charge on any atom is -0.435 e. The van der Waals surface area contributed by atoms with Crippen LogP contribution < -0.4 is 16.1 Å². The Balaban J connectivity index is 2.62. The average molecular weight is 229 g/mol. The molecule has 84 valence electrons. The zero-order valence-electron chi connectivity index (χ0n) is 7.70. The van der Waals surface area contributed by atoms with Crippen molar-refractivity contribution in [2.24, 2.45) is 0 Å². The lowest BCUT2D eigenvalue weighted by Crippen LogP contribution is -2.14. The molecule has 0 aliphatic rings. The van der Waals surface area contributed by atoms with Crippen LogP contribution in [-0.4, -0.2) is 11.6 Å². The quantitative estimate of drug-likeness (QED) is 0.836. The molecule has 2 rings (SSSR count). The standard InChI is InChI=1S/C9H5F2NO4/c10-8(11)15-4-1-2-6-5(3-4)7(13)16-9(14)12-6/h1-3,8H,(H,12,14). The second-order valence-electron chi connectivity index (χ2n) is 2.89. The third-order valence-electron chi connectivity index (χ3n) is 1.86. The first-order valence-corrected chi connectivity index (χ1v) is 4.18. The molecule has 5 nitrogen and oxygen atoms in total. The fraction of sp³-hybridized carbons (Fsp3) is 0.111. The van der Waals surface area contributed by atoms with Gasteiger partial charge in [0.2, 0.25) is 0 Å². The molecule has 16 heavy (non-hydrogen) atoms. The molecule has 0 saturated carbocycles. The van der Waals surface area contributed by atoms with Gasteiger partial charge in [-0.3, -0.25) is 4.98 Å². The number of alkyl halides is 2. The van der Waals surface area contributed by atoms with E-state index in [1.165, 1.54) is 12.1 Å². The summed E-state index contributed by atoms with van der Waals surface area (Å²) in [5, 5.41) is -0.0299. The lowest BCUT2D eigenvalue weighted by molar-refractivity contribution is -0.0497. The van der Waals surface area contributed by atoms with E-state index in [1.54, 1.807) is 0 Å². The van der Waals surface area contributed by atoms with E-state index in [1.807, 2.05) is 0 Å². The zero-order valence-corrected chi connectivity index (χ0v) is 7.70. The molecule has 1 aromatic carbocycles. The second-order valence-corrected chi connectivity index (χ2v) is 2.89. The third kappa shape index (κ3) is 1.92. The van der Waals surface area contributed by atoms with Crippen molar-refractivity contribution in [2.75, 3.05) is 0 Å². The summed E-state index contributed by atoms with van der Waals surface area (Å²) in [7, 11) is 0. The summed E-state index contributed by atoms with van der Waals surface area (Å²) in [6.45, 7) is -2.98. The summed E-state index contributed by atoms with van der Waals surface area (Å²) in [6, 6.07) is 3.57. The largest absolute Gasteiger partial charge is 0.435 e. The predicted octanol–water partition coefficient (Wildman–Crippen LogP) is 1.08. The highest BCUT2D eigenvalue weighted by atomic mass is 19.3. The number of aromatic amines is 1. The Labute approximate surface area is 86.3 Å². The van der Waals surface area contributed by atoms with Crippen molar-refractivity contribution >= 4 is 10.9 Å². The number of ether oxygens (including phenoxy) is 1. The molecule has 0 bridgehead atoms. The molecule has 0 aliphatic heterocycles. The minimum atomic E-state index is -2.98. The lowest BCUT2D eigenvalue weighted by Gasteiger charge is -2.04. The van der Waals surface area contributed by atoms with E-state index in [0.29, 0.717) is 0 Å². The molecular weight excluding hydrogens is 224 g/mol. The molecule has 0 radical (unpaired) electrons. The van der Waals surface area contributed by atoms with E-state index < -0.39 is 18.0 Å². The van der Waals surface area contributed by atoms with Crippen molar-refractivity contribution in [3.05, 3.63) is 39.2 Å². The molecule has 0 saturated heterocycles. The number of nitrogens with one attached hydrogen (secondary N) is 1. The fourth-order valence-electron chi connectivity index (χ4n) is 1.25. The average Bonchev–Trinajstić information content (AvgIpc) is 2.18. The number of rotatable bonds is 2. The number of hydrogen-bond donors (Lipinski definition) is 1. The number of H-pyrrole nitrogens is 1. The van der Waals surface area contributed by atoms with Crippen molar-refractivity contribution in [3.63, 3.8) is 0 Å². The minimum absolute atomic E-state index is 0.0299. The monoisotopic (exact) mass is 229 g/mol. The molecule has 0 fully saturated rings. The molecule has 0 amide bonds. The molecule has 7 heteroatoms. The maximum atomic E-state index is 11.9. The SMILES string of the molecule is O=c1[nH]c2ccc(OC(F)F)cc2c(=O)o1. The van der Waals surface area contributed by atoms with Crippen LogP contribution in [0.1, 0.15) is 0 Å². The predicted molar refractivity (Wildman–Crippen MR) is 49.7 cm³/mol. The van der Waals surface area contributed by atoms with Crippen molar-refractivity contribution in [1.82, 2.24) is 4.98 Å². The maximum absolute atomic E-state index is 11.9. The van der Waals surface area contributed by atoms with Crippen LogP contribution in [0.4, 0.5) is 8.78 Å². The molecule has 1 heterocycles. The highest BCUT2D eigenvalue weighted by molar-refractivity contribution is 5.78. The van der Waals surface area contributed by atoms with Crippen LogP contribution in [0, 0.1) is 0 Å². The van der Waals surface area contributed by atoms with Crippen molar-refractivity contribution in [2.45, 2.75) is 6.61 Å². The molecule has 0 spiro atoms. The summed E-state index contributed by atoms with van der Waals surface area (Å²) < 4.78 is 32.1. The summed E-state index contributed by atoms with van der Waals surface area (Å²) in [5.41, 5.74) is -0.707. The highest BCUT2D eigenvalue weighted by Gasteiger charge is 2.08. The Kier molecular flexibility index (Phi) is 2.43. The van der Waals surface area contributed by atoms with Gasteiger partial charge in [0.25, 0.3) is 0 Å². The number of benzene rings is 1. The molecule has 1 N–H and O–H groups in total. The fourth-order valence-corrected chi connectivity index (χ4v) is 1.25. The molecule has 2 aromatic rings. The van der Waals surface area contributed by atoms with E-state index in [2.05, 4.69) is 14.1 Å². The van der Waals surface area contributed by atoms with Gasteiger partial charge in [0.15, 0.2) is 0 Å². The number of halogens is 2. The maximum Gasteiger partial charge on any atom is 0.419 e. The van der Waals surface area contributed by atoms with E-state index in [-0.39, 0.29) is 16.7 Å². The molecular formula is C9H5F2NO4. The number of aromatic nitrogens is 1. The first-order valence-electron chi connectivity index (χ1n) is 4.18. The van der Waals surface area contributed by atoms with Gasteiger partial charge in [-0.25, -0.2) is 9.59 Å². The van der Waals surface area contributed by atoms with Crippen LogP contribution in [0.25, 0.3) is 10.9 Å². The molecule has 1 aromatic heterocycles. The van der Waals surface area contributed by atoms with Crippen LogP contribution >= 0.6 is 0 Å². The summed E-state index contributed by atoms with van der Waals surface area (Å²) in [5.74, 6) is -1.08. The normalized spacial score (nSPS) is 10.9. The van der Waals surface area contributed by atoms with Crippen molar-refractivity contribution < 1.29 is 17.9 Å². The molecule has 0 aliphatic carbocycles. The van der Waals surface area contributed by atoms with Gasteiger partial charge in [-0.2, -0.15) is 8.78 Å². The Morgan fingerprint density at radius 2 is 2.06 bits per heavy atom. The van der Waals surface area contributed by atoms with Gasteiger partial charge < -0.3 is 9.15 Å². The molecule has 0 atom stereocenters. The van der Waals surface area contributed by atoms with Crippen LogP contribution in [0.3, 0.4) is 0 Å². The first-order chi connectivity index (χ1) is 7.56. The van der Waals surface area contributed by atoms with E-state index in [0.717, 1.165) is 6.07 Å². The highest BCUT2D eigenvalue weighted by Crippen LogP contribution is 2.17. The zero-order chi connectivity index (χ0) is 11.7. The van der Waals surface area contributed by atoms with Gasteiger partial charge in [-0.15, -0.1) is 0 Å². The van der Waals surface area contributed by atoms with Gasteiger partial charge in [0, 0.05) is 0 Å². The molecule has 0 unspecified atom stereocenters. The lowest BCUT2D eigenvalue weighted by atomic mass is 10.2. The Bertz CT molecular complexity index is 631. The Morgan fingerprint density at radius 1 is 1.31 bits per heavy atom. The topological polar surface area (TPSA) is 72.3 Å². The van der Waals surface area contributed by atoms with Crippen LogP contribution in [0.15, 0.2) is 32.2 Å². The third-order valence-corrected chi connectivity index (χ3v) is 1.86. The van der Waals surface area contributed by atoms with Crippen molar-refractivity contribution in [3.8, 4) is 5.75 Å². The Hall–Kier alpha value is -2.18. The number of fused-ring (bicyclic) bond motifs is 1. The van der Waals surface area contributed by atoms with E-state index >= 15 is 0 Å². The smallest absolute Gasteiger partial charge is 0.419 e. The summed E-state index contributed by atoms with van der Waals surface area (Å²) in [6.07, 6.45) is 0. The van der Waals surface area contributed by atoms with Crippen LogP contribution in [0.2, 0.25) is 0 Å². The van der Waals surface area contributed by atoms with Crippen molar-refractivity contribution in [1.29, 1.82) is 0 Å². The van der Waals surface area contributed by atoms with Gasteiger partial charge in [0.1, 0.15) is 5.75 Å². The second kappa shape index (κ2) is 3.76. The van der Waals surface area contributed by atoms with Gasteiger partial charge in [-0.05, 0) is 18.2 Å². The first kappa shape index (κ1) is 10.3. The number of hydrogen-bond acceptors (Lipinski definition) is 4. The van der Waals surface area contributed by atoms with Gasteiger partial charge in [-0.1, -0.05) is 0 Å². The van der Waals surface area contributed by atoms with Crippen LogP contribution in [-0.2, 0) is 0 Å². The Morgan fingerprint density at radius 3 is 2.75 bits per heavy atom. The summed E-state index contributed by atoms with van der Waals surface area (Å²) in [4.78, 5) is 24.2. The van der Waals surface area contributed by atoms with Gasteiger partial charge in [0.05, 0.1) is 10.9 Å². The van der Waals surface area contributed by atoms with E-state index in [4.69, 9.17) is 0 Å². The van der Waals surface area contributed by atoms with Crippen LogP contribution in [0.5, 0.6) is 5.75 Å². The summed E-state index contributed by atoms with van der Waals surface area (Å²) >= 11 is 0. The van der Waals surface area contributed by atoms with Gasteiger partial charge >= 0.3 is 18.0 Å².